The molecule has 2 nitrogen and oxygen atoms in total. The summed E-state index contributed by atoms with van der Waals surface area (Å²) in [7, 11) is 0. The first-order valence-corrected chi connectivity index (χ1v) is 5.71. The summed E-state index contributed by atoms with van der Waals surface area (Å²) in [6.07, 6.45) is 4.45. The number of aliphatic hydroxyl groups is 2. The summed E-state index contributed by atoms with van der Waals surface area (Å²) in [6, 6.07) is 0. The summed E-state index contributed by atoms with van der Waals surface area (Å²) in [5, 5.41) is 18.9. The third-order valence-electron chi connectivity index (χ3n) is 3.72. The van der Waals surface area contributed by atoms with E-state index in [2.05, 4.69) is 20.8 Å². The third kappa shape index (κ3) is 2.96. The van der Waals surface area contributed by atoms with E-state index in [9.17, 15) is 5.11 Å². The zero-order valence-electron chi connectivity index (χ0n) is 9.71. The largest absolute Gasteiger partial charge is 0.396 e. The number of hydrogen-bond acceptors (Lipinski definition) is 2. The summed E-state index contributed by atoms with van der Waals surface area (Å²) >= 11 is 0. The molecule has 0 radical (unpaired) electrons. The van der Waals surface area contributed by atoms with Gasteiger partial charge in [-0.1, -0.05) is 20.8 Å². The first-order chi connectivity index (χ1) is 6.37. The minimum atomic E-state index is -0.573. The normalized spacial score (nSPS) is 34.5. The molecule has 0 bridgehead atoms. The fourth-order valence-corrected chi connectivity index (χ4v) is 2.48. The molecule has 0 aromatic rings. The molecule has 0 spiro atoms. The van der Waals surface area contributed by atoms with E-state index in [1.165, 1.54) is 0 Å². The second-order valence-corrected chi connectivity index (χ2v) is 5.84. The molecule has 1 aliphatic carbocycles. The molecule has 0 aliphatic heterocycles. The van der Waals surface area contributed by atoms with Gasteiger partial charge in [0, 0.05) is 6.61 Å². The Morgan fingerprint density at radius 3 is 2.07 bits per heavy atom. The van der Waals surface area contributed by atoms with Crippen LogP contribution < -0.4 is 0 Å². The van der Waals surface area contributed by atoms with Crippen molar-refractivity contribution >= 4 is 0 Å². The smallest absolute Gasteiger partial charge is 0.0669 e. The topological polar surface area (TPSA) is 40.5 Å². The van der Waals surface area contributed by atoms with E-state index in [1.54, 1.807) is 0 Å². The van der Waals surface area contributed by atoms with E-state index in [0.29, 0.717) is 11.8 Å². The van der Waals surface area contributed by atoms with E-state index < -0.39 is 5.60 Å². The maximum Gasteiger partial charge on any atom is 0.0669 e. The standard InChI is InChI=1S/C12H24O2/c1-11(2,3)10-4-6-12(14,7-5-10)8-9-13/h10,13-14H,4-9H2,1-3H3. The van der Waals surface area contributed by atoms with Gasteiger partial charge in [0.25, 0.3) is 0 Å². The minimum Gasteiger partial charge on any atom is -0.396 e. The van der Waals surface area contributed by atoms with Gasteiger partial charge in [0.05, 0.1) is 5.60 Å². The highest BCUT2D eigenvalue weighted by Gasteiger charge is 2.36. The Kier molecular flexibility index (Phi) is 3.59. The van der Waals surface area contributed by atoms with E-state index in [-0.39, 0.29) is 6.61 Å². The fraction of sp³-hybridized carbons (Fsp3) is 1.00. The van der Waals surface area contributed by atoms with Gasteiger partial charge >= 0.3 is 0 Å². The number of hydrogen-bond donors (Lipinski definition) is 2. The summed E-state index contributed by atoms with van der Waals surface area (Å²) in [6.45, 7) is 6.92. The van der Waals surface area contributed by atoms with Gasteiger partial charge in [0.1, 0.15) is 0 Å². The molecule has 0 aromatic carbocycles. The second-order valence-electron chi connectivity index (χ2n) is 5.84. The molecule has 2 N–H and O–H groups in total. The van der Waals surface area contributed by atoms with Crippen molar-refractivity contribution in [3.63, 3.8) is 0 Å². The van der Waals surface area contributed by atoms with Gasteiger partial charge in [-0.25, -0.2) is 0 Å². The Balaban J connectivity index is 2.45. The van der Waals surface area contributed by atoms with Crippen LogP contribution in [0.15, 0.2) is 0 Å². The molecule has 1 fully saturated rings. The lowest BCUT2D eigenvalue weighted by molar-refractivity contribution is -0.0405. The summed E-state index contributed by atoms with van der Waals surface area (Å²) < 4.78 is 0. The molecule has 1 aliphatic rings. The van der Waals surface area contributed by atoms with Crippen molar-refractivity contribution in [1.29, 1.82) is 0 Å². The van der Waals surface area contributed by atoms with Gasteiger partial charge in [-0.2, -0.15) is 0 Å². The monoisotopic (exact) mass is 200 g/mol. The molecular weight excluding hydrogens is 176 g/mol. The molecule has 0 unspecified atom stereocenters. The zero-order valence-corrected chi connectivity index (χ0v) is 9.71. The number of rotatable bonds is 2. The van der Waals surface area contributed by atoms with Crippen LogP contribution in [0.5, 0.6) is 0 Å². The minimum absolute atomic E-state index is 0.108. The SMILES string of the molecule is CC(C)(C)C1CCC(O)(CCO)CC1. The first-order valence-electron chi connectivity index (χ1n) is 5.71. The van der Waals surface area contributed by atoms with E-state index in [1.807, 2.05) is 0 Å². The van der Waals surface area contributed by atoms with Crippen molar-refractivity contribution in [1.82, 2.24) is 0 Å². The molecule has 14 heavy (non-hydrogen) atoms. The molecule has 1 saturated carbocycles. The Hall–Kier alpha value is -0.0800. The lowest BCUT2D eigenvalue weighted by Gasteiger charge is -2.41. The lowest BCUT2D eigenvalue weighted by atomic mass is 9.68. The summed E-state index contributed by atoms with van der Waals surface area (Å²) in [5.74, 6) is 0.724. The maximum absolute atomic E-state index is 10.1. The van der Waals surface area contributed by atoms with Gasteiger partial charge in [0.2, 0.25) is 0 Å². The van der Waals surface area contributed by atoms with Crippen molar-refractivity contribution in [2.24, 2.45) is 11.3 Å². The fourth-order valence-electron chi connectivity index (χ4n) is 2.48. The lowest BCUT2D eigenvalue weighted by Crippen LogP contribution is -2.38. The average molecular weight is 200 g/mol. The molecule has 84 valence electrons. The molecule has 1 rings (SSSR count). The Morgan fingerprint density at radius 1 is 1.21 bits per heavy atom. The first kappa shape index (κ1) is 12.0. The zero-order chi connectivity index (χ0) is 10.8. The van der Waals surface area contributed by atoms with Crippen LogP contribution in [-0.4, -0.2) is 22.4 Å². The van der Waals surface area contributed by atoms with Gasteiger partial charge in [0.15, 0.2) is 0 Å². The average Bonchev–Trinajstić information content (AvgIpc) is 2.03. The molecular formula is C12H24O2. The molecule has 2 heteroatoms. The van der Waals surface area contributed by atoms with Crippen LogP contribution in [0.4, 0.5) is 0 Å². The van der Waals surface area contributed by atoms with E-state index >= 15 is 0 Å². The second kappa shape index (κ2) is 4.19. The molecule has 0 aromatic heterocycles. The van der Waals surface area contributed by atoms with Crippen LogP contribution in [0.2, 0.25) is 0 Å². The van der Waals surface area contributed by atoms with Crippen molar-refractivity contribution < 1.29 is 10.2 Å². The highest BCUT2D eigenvalue weighted by Crippen LogP contribution is 2.42. The quantitative estimate of drug-likeness (QED) is 0.718. The van der Waals surface area contributed by atoms with Crippen molar-refractivity contribution in [2.75, 3.05) is 6.61 Å². The van der Waals surface area contributed by atoms with Gasteiger partial charge in [-0.05, 0) is 43.4 Å². The van der Waals surface area contributed by atoms with Gasteiger partial charge in [-0.15, -0.1) is 0 Å². The van der Waals surface area contributed by atoms with E-state index in [0.717, 1.165) is 31.6 Å². The van der Waals surface area contributed by atoms with Crippen LogP contribution in [0.1, 0.15) is 52.9 Å². The molecule has 0 amide bonds. The van der Waals surface area contributed by atoms with Crippen LogP contribution in [0.3, 0.4) is 0 Å². The van der Waals surface area contributed by atoms with E-state index in [4.69, 9.17) is 5.11 Å². The Labute approximate surface area is 87.3 Å². The van der Waals surface area contributed by atoms with Gasteiger partial charge < -0.3 is 10.2 Å². The van der Waals surface area contributed by atoms with Crippen LogP contribution in [0.25, 0.3) is 0 Å². The predicted octanol–water partition coefficient (Wildman–Crippen LogP) is 2.34. The number of aliphatic hydroxyl groups excluding tert-OH is 1. The maximum atomic E-state index is 10.1. The Morgan fingerprint density at radius 2 is 1.71 bits per heavy atom. The van der Waals surface area contributed by atoms with Crippen LogP contribution >= 0.6 is 0 Å². The molecule has 0 saturated heterocycles. The third-order valence-corrected chi connectivity index (χ3v) is 3.72. The highest BCUT2D eigenvalue weighted by molar-refractivity contribution is 4.88. The predicted molar refractivity (Wildman–Crippen MR) is 58.1 cm³/mol. The summed E-state index contributed by atoms with van der Waals surface area (Å²) in [4.78, 5) is 0. The van der Waals surface area contributed by atoms with Crippen molar-refractivity contribution in [3.05, 3.63) is 0 Å². The van der Waals surface area contributed by atoms with Crippen LogP contribution in [0, 0.1) is 11.3 Å². The highest BCUT2D eigenvalue weighted by atomic mass is 16.3. The summed E-state index contributed by atoms with van der Waals surface area (Å²) in [5.41, 5.74) is -0.211. The van der Waals surface area contributed by atoms with Crippen molar-refractivity contribution in [2.45, 2.75) is 58.5 Å². The van der Waals surface area contributed by atoms with Crippen LogP contribution in [-0.2, 0) is 0 Å². The Bertz CT molecular complexity index is 173. The molecule has 0 atom stereocenters. The van der Waals surface area contributed by atoms with Crippen molar-refractivity contribution in [3.8, 4) is 0 Å². The molecule has 0 heterocycles. The van der Waals surface area contributed by atoms with Gasteiger partial charge in [-0.3, -0.25) is 0 Å².